The number of nitrogens with zero attached hydrogens (tertiary/aromatic N) is 3. The number of carbonyl (C=O) groups excluding carboxylic acids is 2. The maximum absolute atomic E-state index is 12.6. The molecule has 2 aromatic rings. The van der Waals surface area contributed by atoms with Crippen molar-refractivity contribution in [3.63, 3.8) is 0 Å². The van der Waals surface area contributed by atoms with E-state index in [1.807, 2.05) is 0 Å². The molecule has 0 saturated carbocycles. The zero-order chi connectivity index (χ0) is 18.6. The number of hydrogen-bond donors (Lipinski definition) is 2. The van der Waals surface area contributed by atoms with Crippen molar-refractivity contribution < 1.29 is 22.8 Å². The van der Waals surface area contributed by atoms with E-state index >= 15 is 0 Å². The predicted octanol–water partition coefficient (Wildman–Crippen LogP) is 1.46. The number of nitrogens with one attached hydrogen (secondary N) is 2. The van der Waals surface area contributed by atoms with Crippen LogP contribution in [0.3, 0.4) is 0 Å². The van der Waals surface area contributed by atoms with Gasteiger partial charge in [-0.2, -0.15) is 18.3 Å². The molecule has 134 valence electrons. The van der Waals surface area contributed by atoms with Gasteiger partial charge < -0.3 is 10.6 Å². The molecule has 0 radical (unpaired) electrons. The average molecular weight is 355 g/mol. The Balaban J connectivity index is 2.10. The molecule has 2 N–H and O–H groups in total. The lowest BCUT2D eigenvalue weighted by Crippen LogP contribution is -2.33. The van der Waals surface area contributed by atoms with Gasteiger partial charge in [0, 0.05) is 26.2 Å². The first-order valence-corrected chi connectivity index (χ1v) is 7.31. The van der Waals surface area contributed by atoms with E-state index in [4.69, 9.17) is 0 Å². The van der Waals surface area contributed by atoms with Crippen LogP contribution in [0, 0.1) is 6.92 Å². The lowest BCUT2D eigenvalue weighted by molar-refractivity contribution is -0.137. The molecule has 0 saturated heterocycles. The molecule has 0 aliphatic carbocycles. The van der Waals surface area contributed by atoms with Gasteiger partial charge in [0.1, 0.15) is 0 Å². The Bertz CT molecular complexity index is 768. The van der Waals surface area contributed by atoms with Gasteiger partial charge >= 0.3 is 6.18 Å². The largest absolute Gasteiger partial charge is 0.417 e. The van der Waals surface area contributed by atoms with E-state index in [1.165, 1.54) is 23.9 Å². The van der Waals surface area contributed by atoms with Gasteiger partial charge in [0.15, 0.2) is 5.82 Å². The summed E-state index contributed by atoms with van der Waals surface area (Å²) in [5.41, 5.74) is -0.161. The van der Waals surface area contributed by atoms with Gasteiger partial charge in [-0.1, -0.05) is 0 Å². The highest BCUT2D eigenvalue weighted by Crippen LogP contribution is 2.28. The van der Waals surface area contributed by atoms with E-state index in [1.54, 1.807) is 6.92 Å². The third-order valence-corrected chi connectivity index (χ3v) is 3.33. The summed E-state index contributed by atoms with van der Waals surface area (Å²) in [7, 11) is 0. The highest BCUT2D eigenvalue weighted by molar-refractivity contribution is 5.95. The van der Waals surface area contributed by atoms with E-state index < -0.39 is 17.6 Å². The Morgan fingerprint density at radius 2 is 1.84 bits per heavy atom. The highest BCUT2D eigenvalue weighted by atomic mass is 19.4. The second kappa shape index (κ2) is 7.32. The summed E-state index contributed by atoms with van der Waals surface area (Å²) in [6.07, 6.45) is -2.45. The second-order valence-electron chi connectivity index (χ2n) is 5.20. The molecule has 0 unspecified atom stereocenters. The van der Waals surface area contributed by atoms with Crippen molar-refractivity contribution in [2.24, 2.45) is 0 Å². The van der Waals surface area contributed by atoms with Crippen LogP contribution in [-0.4, -0.2) is 39.7 Å². The van der Waals surface area contributed by atoms with Gasteiger partial charge in [-0.25, -0.2) is 9.67 Å². The standard InChI is InChI=1S/C15H16F3N5O2/c1-9-12(14(25)20-6-5-19-10(2)24)8-22-23(9)13-4-3-11(7-21-13)15(16,17)18/h3-4,7-8H,5-6H2,1-2H3,(H,19,24)(H,20,25). The van der Waals surface area contributed by atoms with Crippen LogP contribution in [0.25, 0.3) is 5.82 Å². The van der Waals surface area contributed by atoms with Gasteiger partial charge in [-0.05, 0) is 19.1 Å². The molecule has 10 heteroatoms. The molecule has 25 heavy (non-hydrogen) atoms. The van der Waals surface area contributed by atoms with Crippen molar-refractivity contribution in [1.29, 1.82) is 0 Å². The summed E-state index contributed by atoms with van der Waals surface area (Å²) in [5, 5.41) is 9.15. The average Bonchev–Trinajstić information content (AvgIpc) is 2.92. The Morgan fingerprint density at radius 3 is 2.40 bits per heavy atom. The van der Waals surface area contributed by atoms with Gasteiger partial charge in [-0.3, -0.25) is 9.59 Å². The maximum Gasteiger partial charge on any atom is 0.417 e. The molecule has 2 rings (SSSR count). The lowest BCUT2D eigenvalue weighted by Gasteiger charge is -2.08. The number of amides is 2. The molecule has 2 amide bonds. The molecular weight excluding hydrogens is 339 g/mol. The van der Waals surface area contributed by atoms with Gasteiger partial charge in [0.25, 0.3) is 5.91 Å². The Labute approximate surface area is 141 Å². The number of hydrogen-bond acceptors (Lipinski definition) is 4. The number of halogens is 3. The van der Waals surface area contributed by atoms with Crippen molar-refractivity contribution in [3.05, 3.63) is 41.3 Å². The first kappa shape index (κ1) is 18.4. The minimum Gasteiger partial charge on any atom is -0.355 e. The number of alkyl halides is 3. The smallest absolute Gasteiger partial charge is 0.355 e. The van der Waals surface area contributed by atoms with Gasteiger partial charge in [-0.15, -0.1) is 0 Å². The van der Waals surface area contributed by atoms with Gasteiger partial charge in [0.2, 0.25) is 5.91 Å². The predicted molar refractivity (Wildman–Crippen MR) is 82.1 cm³/mol. The summed E-state index contributed by atoms with van der Waals surface area (Å²) in [5.74, 6) is -0.435. The molecule has 0 aromatic carbocycles. The Morgan fingerprint density at radius 1 is 1.16 bits per heavy atom. The first-order valence-electron chi connectivity index (χ1n) is 7.31. The molecule has 0 bridgehead atoms. The molecule has 2 heterocycles. The van der Waals surface area contributed by atoms with E-state index in [-0.39, 0.29) is 30.4 Å². The molecular formula is C15H16F3N5O2. The summed E-state index contributed by atoms with van der Waals surface area (Å²) in [6, 6.07) is 2.08. The van der Waals surface area contributed by atoms with E-state index in [0.717, 1.165) is 6.07 Å². The quantitative estimate of drug-likeness (QED) is 0.795. The van der Waals surface area contributed by atoms with Gasteiger partial charge in [0.05, 0.1) is 23.0 Å². The zero-order valence-corrected chi connectivity index (χ0v) is 13.5. The fourth-order valence-electron chi connectivity index (χ4n) is 2.05. The zero-order valence-electron chi connectivity index (χ0n) is 13.5. The van der Waals surface area contributed by atoms with Crippen molar-refractivity contribution in [3.8, 4) is 5.82 Å². The second-order valence-corrected chi connectivity index (χ2v) is 5.20. The fraction of sp³-hybridized carbons (Fsp3) is 0.333. The van der Waals surface area contributed by atoms with Crippen LogP contribution in [0.1, 0.15) is 28.5 Å². The number of aromatic nitrogens is 3. The van der Waals surface area contributed by atoms with Crippen molar-refractivity contribution in [1.82, 2.24) is 25.4 Å². The van der Waals surface area contributed by atoms with Crippen LogP contribution in [0.15, 0.2) is 24.5 Å². The monoisotopic (exact) mass is 355 g/mol. The highest BCUT2D eigenvalue weighted by Gasteiger charge is 2.30. The van der Waals surface area contributed by atoms with Crippen LogP contribution < -0.4 is 10.6 Å². The van der Waals surface area contributed by atoms with E-state index in [9.17, 15) is 22.8 Å². The molecule has 7 nitrogen and oxygen atoms in total. The molecule has 0 spiro atoms. The third-order valence-electron chi connectivity index (χ3n) is 3.33. The van der Waals surface area contributed by atoms with Crippen LogP contribution in [0.4, 0.5) is 13.2 Å². The van der Waals surface area contributed by atoms with Crippen LogP contribution in [-0.2, 0) is 11.0 Å². The normalized spacial score (nSPS) is 11.2. The molecule has 0 aliphatic heterocycles. The Hall–Kier alpha value is -2.91. The molecule has 2 aromatic heterocycles. The van der Waals surface area contributed by atoms with Crippen molar-refractivity contribution in [2.75, 3.05) is 13.1 Å². The minimum atomic E-state index is -4.47. The fourth-order valence-corrected chi connectivity index (χ4v) is 2.05. The molecule has 0 fully saturated rings. The third kappa shape index (κ3) is 4.55. The Kier molecular flexibility index (Phi) is 5.40. The number of pyridine rings is 1. The SMILES string of the molecule is CC(=O)NCCNC(=O)c1cnn(-c2ccc(C(F)(F)F)cn2)c1C. The van der Waals surface area contributed by atoms with E-state index in [2.05, 4.69) is 20.7 Å². The molecule has 0 aliphatic rings. The van der Waals surface area contributed by atoms with Crippen LogP contribution in [0.2, 0.25) is 0 Å². The summed E-state index contributed by atoms with van der Waals surface area (Å²) in [6.45, 7) is 3.50. The van der Waals surface area contributed by atoms with E-state index in [0.29, 0.717) is 11.9 Å². The summed E-state index contributed by atoms with van der Waals surface area (Å²) < 4.78 is 39.0. The number of rotatable bonds is 5. The topological polar surface area (TPSA) is 88.9 Å². The number of carbonyl (C=O) groups is 2. The van der Waals surface area contributed by atoms with Crippen LogP contribution in [0.5, 0.6) is 0 Å². The maximum atomic E-state index is 12.6. The van der Waals surface area contributed by atoms with Crippen molar-refractivity contribution in [2.45, 2.75) is 20.0 Å². The lowest BCUT2D eigenvalue weighted by atomic mass is 10.2. The van der Waals surface area contributed by atoms with Crippen molar-refractivity contribution >= 4 is 11.8 Å². The van der Waals surface area contributed by atoms with Crippen LogP contribution >= 0.6 is 0 Å². The molecule has 0 atom stereocenters. The first-order chi connectivity index (χ1) is 11.7. The minimum absolute atomic E-state index is 0.169. The summed E-state index contributed by atoms with van der Waals surface area (Å²) >= 11 is 0. The summed E-state index contributed by atoms with van der Waals surface area (Å²) in [4.78, 5) is 26.6.